The highest BCUT2D eigenvalue weighted by atomic mass is 19.1. The highest BCUT2D eigenvalue weighted by Gasteiger charge is 2.32. The third-order valence-electron chi connectivity index (χ3n) is 3.02. The maximum Gasteiger partial charge on any atom is 0.125 e. The quantitative estimate of drug-likeness (QED) is 0.727. The lowest BCUT2D eigenvalue weighted by molar-refractivity contribution is 0.404. The topological polar surface area (TPSA) is 50.1 Å². The maximum atomic E-state index is 13.1. The number of benzene rings is 1. The smallest absolute Gasteiger partial charge is 0.125 e. The normalized spacial score (nSPS) is 24.6. The number of hydrogen-bond acceptors (Lipinski definition) is 3. The first-order valence-electron chi connectivity index (χ1n) is 5.73. The number of halogens is 1. The van der Waals surface area contributed by atoms with Crippen LogP contribution in [-0.4, -0.2) is 18.8 Å². The second kappa shape index (κ2) is 4.80. The molecule has 1 saturated heterocycles. The average Bonchev–Trinajstić information content (AvgIpc) is 2.67. The molecule has 3 nitrogen and oxygen atoms in total. The van der Waals surface area contributed by atoms with Gasteiger partial charge in [0.05, 0.1) is 5.66 Å². The van der Waals surface area contributed by atoms with Gasteiger partial charge < -0.3 is 11.1 Å². The van der Waals surface area contributed by atoms with E-state index in [1.165, 1.54) is 12.1 Å². The van der Waals surface area contributed by atoms with Crippen LogP contribution in [0.15, 0.2) is 24.3 Å². The fraction of sp³-hybridized carbons (Fsp3) is 0.500. The second-order valence-electron chi connectivity index (χ2n) is 4.29. The van der Waals surface area contributed by atoms with Crippen LogP contribution in [0.1, 0.15) is 19.3 Å². The monoisotopic (exact) mass is 223 g/mol. The lowest BCUT2D eigenvalue weighted by Crippen LogP contribution is -2.48. The highest BCUT2D eigenvalue weighted by molar-refractivity contribution is 5.45. The molecule has 4 N–H and O–H groups in total. The van der Waals surface area contributed by atoms with E-state index >= 15 is 0 Å². The predicted molar refractivity (Wildman–Crippen MR) is 63.7 cm³/mol. The van der Waals surface area contributed by atoms with Gasteiger partial charge in [0.25, 0.3) is 0 Å². The lowest BCUT2D eigenvalue weighted by atomic mass is 10.0. The standard InChI is InChI=1S/C12H18FN3/c13-10-3-1-4-11(9-10)16-12(6-7-14)5-2-8-15-12/h1,3-4,9,15-16H,2,5-8,14H2. The fourth-order valence-corrected chi connectivity index (χ4v) is 2.28. The molecule has 2 rings (SSSR count). The summed E-state index contributed by atoms with van der Waals surface area (Å²) in [5.41, 5.74) is 6.28. The number of anilines is 1. The SMILES string of the molecule is NCCC1(Nc2cccc(F)c2)CCCN1. The van der Waals surface area contributed by atoms with Gasteiger partial charge in [0.2, 0.25) is 0 Å². The van der Waals surface area contributed by atoms with E-state index in [1.807, 2.05) is 6.07 Å². The van der Waals surface area contributed by atoms with Crippen molar-refractivity contribution in [1.82, 2.24) is 5.32 Å². The Morgan fingerprint density at radius 2 is 2.38 bits per heavy atom. The van der Waals surface area contributed by atoms with Gasteiger partial charge in [-0.2, -0.15) is 0 Å². The summed E-state index contributed by atoms with van der Waals surface area (Å²) in [7, 11) is 0. The van der Waals surface area contributed by atoms with Gasteiger partial charge >= 0.3 is 0 Å². The van der Waals surface area contributed by atoms with Gasteiger partial charge in [-0.1, -0.05) is 6.07 Å². The first-order chi connectivity index (χ1) is 7.74. The van der Waals surface area contributed by atoms with Gasteiger partial charge in [-0.15, -0.1) is 0 Å². The van der Waals surface area contributed by atoms with E-state index in [2.05, 4.69) is 10.6 Å². The van der Waals surface area contributed by atoms with E-state index in [1.54, 1.807) is 6.07 Å². The Morgan fingerprint density at radius 1 is 1.50 bits per heavy atom. The van der Waals surface area contributed by atoms with Gasteiger partial charge in [-0.3, -0.25) is 5.32 Å². The largest absolute Gasteiger partial charge is 0.367 e. The third kappa shape index (κ3) is 2.51. The van der Waals surface area contributed by atoms with Crippen LogP contribution in [0.4, 0.5) is 10.1 Å². The van der Waals surface area contributed by atoms with E-state index in [0.717, 1.165) is 31.5 Å². The van der Waals surface area contributed by atoms with Crippen LogP contribution in [0.2, 0.25) is 0 Å². The summed E-state index contributed by atoms with van der Waals surface area (Å²) >= 11 is 0. The minimum Gasteiger partial charge on any atom is -0.367 e. The molecule has 1 atom stereocenters. The summed E-state index contributed by atoms with van der Waals surface area (Å²) in [6.45, 7) is 1.61. The van der Waals surface area contributed by atoms with Crippen molar-refractivity contribution in [2.45, 2.75) is 24.9 Å². The zero-order valence-electron chi connectivity index (χ0n) is 9.30. The van der Waals surface area contributed by atoms with Gasteiger partial charge in [0.15, 0.2) is 0 Å². The number of hydrogen-bond donors (Lipinski definition) is 3. The van der Waals surface area contributed by atoms with Crippen molar-refractivity contribution >= 4 is 5.69 Å². The summed E-state index contributed by atoms with van der Waals surface area (Å²) in [5, 5.41) is 6.79. The fourth-order valence-electron chi connectivity index (χ4n) is 2.28. The minimum absolute atomic E-state index is 0.150. The minimum atomic E-state index is -0.217. The Labute approximate surface area is 95.2 Å². The van der Waals surface area contributed by atoms with Crippen molar-refractivity contribution in [3.05, 3.63) is 30.1 Å². The van der Waals surface area contributed by atoms with Crippen LogP contribution >= 0.6 is 0 Å². The van der Waals surface area contributed by atoms with Crippen molar-refractivity contribution in [3.8, 4) is 0 Å². The molecule has 0 amide bonds. The Morgan fingerprint density at radius 3 is 3.00 bits per heavy atom. The van der Waals surface area contributed by atoms with E-state index < -0.39 is 0 Å². The van der Waals surface area contributed by atoms with Gasteiger partial charge in [0, 0.05) is 5.69 Å². The molecule has 1 aliphatic rings. The molecule has 1 heterocycles. The van der Waals surface area contributed by atoms with Crippen LogP contribution in [0.5, 0.6) is 0 Å². The molecule has 0 spiro atoms. The molecule has 0 bridgehead atoms. The van der Waals surface area contributed by atoms with Crippen LogP contribution in [-0.2, 0) is 0 Å². The zero-order valence-corrected chi connectivity index (χ0v) is 9.30. The van der Waals surface area contributed by atoms with Gasteiger partial charge in [0.1, 0.15) is 5.82 Å². The molecule has 1 aromatic rings. The molecule has 88 valence electrons. The summed E-state index contributed by atoms with van der Waals surface area (Å²) in [5.74, 6) is -0.217. The summed E-state index contributed by atoms with van der Waals surface area (Å²) in [6.07, 6.45) is 3.01. The van der Waals surface area contributed by atoms with E-state index in [9.17, 15) is 4.39 Å². The molecule has 0 radical (unpaired) electrons. The molecular weight excluding hydrogens is 205 g/mol. The van der Waals surface area contributed by atoms with Gasteiger partial charge in [-0.05, 0) is 50.6 Å². The Hall–Kier alpha value is -1.13. The first kappa shape index (κ1) is 11.4. The first-order valence-corrected chi connectivity index (χ1v) is 5.73. The molecule has 1 aliphatic heterocycles. The van der Waals surface area contributed by atoms with Crippen molar-refractivity contribution in [1.29, 1.82) is 0 Å². The molecule has 1 aromatic carbocycles. The second-order valence-corrected chi connectivity index (χ2v) is 4.29. The van der Waals surface area contributed by atoms with Crippen LogP contribution in [0.25, 0.3) is 0 Å². The zero-order chi connectivity index (χ0) is 11.4. The summed E-state index contributed by atoms with van der Waals surface area (Å²) < 4.78 is 13.1. The molecule has 0 saturated carbocycles. The van der Waals surface area contributed by atoms with Crippen LogP contribution in [0.3, 0.4) is 0 Å². The lowest BCUT2D eigenvalue weighted by Gasteiger charge is -2.31. The Kier molecular flexibility index (Phi) is 3.41. The van der Waals surface area contributed by atoms with Crippen LogP contribution in [0, 0.1) is 5.82 Å². The molecule has 0 aliphatic carbocycles. The molecule has 0 aromatic heterocycles. The molecule has 4 heteroatoms. The molecular formula is C12H18FN3. The Balaban J connectivity index is 2.11. The Bertz CT molecular complexity index is 348. The summed E-state index contributed by atoms with van der Waals surface area (Å²) in [4.78, 5) is 0. The van der Waals surface area contributed by atoms with Gasteiger partial charge in [-0.25, -0.2) is 4.39 Å². The van der Waals surface area contributed by atoms with Crippen molar-refractivity contribution in [3.63, 3.8) is 0 Å². The highest BCUT2D eigenvalue weighted by Crippen LogP contribution is 2.25. The van der Waals surface area contributed by atoms with Crippen molar-refractivity contribution in [2.75, 3.05) is 18.4 Å². The predicted octanol–water partition coefficient (Wildman–Crippen LogP) is 1.67. The molecule has 1 unspecified atom stereocenters. The van der Waals surface area contributed by atoms with Crippen LogP contribution < -0.4 is 16.4 Å². The average molecular weight is 223 g/mol. The molecule has 1 fully saturated rings. The number of rotatable bonds is 4. The van der Waals surface area contributed by atoms with E-state index in [4.69, 9.17) is 5.73 Å². The maximum absolute atomic E-state index is 13.1. The van der Waals surface area contributed by atoms with E-state index in [0.29, 0.717) is 6.54 Å². The number of nitrogens with one attached hydrogen (secondary N) is 2. The summed E-state index contributed by atoms with van der Waals surface area (Å²) in [6, 6.07) is 6.55. The van der Waals surface area contributed by atoms with Crippen molar-refractivity contribution in [2.24, 2.45) is 5.73 Å². The molecule has 16 heavy (non-hydrogen) atoms. The van der Waals surface area contributed by atoms with E-state index in [-0.39, 0.29) is 11.5 Å². The third-order valence-corrected chi connectivity index (χ3v) is 3.02. The van der Waals surface area contributed by atoms with Crippen molar-refractivity contribution < 1.29 is 4.39 Å². The number of nitrogens with two attached hydrogens (primary N) is 1.